The topological polar surface area (TPSA) is 0 Å². The van der Waals surface area contributed by atoms with E-state index in [-0.39, 0.29) is 10.8 Å². The number of rotatable bonds is 4. The summed E-state index contributed by atoms with van der Waals surface area (Å²) >= 11 is 7.67. The van der Waals surface area contributed by atoms with Gasteiger partial charge < -0.3 is 0 Å². The van der Waals surface area contributed by atoms with Crippen LogP contribution in [0.1, 0.15) is 47.2 Å². The second kappa shape index (κ2) is 13.9. The lowest BCUT2D eigenvalue weighted by molar-refractivity contribution is 0.712. The van der Waals surface area contributed by atoms with Crippen molar-refractivity contribution in [2.45, 2.75) is 63.8 Å². The molecule has 62 heavy (non-hydrogen) atoms. The fourth-order valence-electron chi connectivity index (χ4n) is 10.6. The molecule has 0 saturated carbocycles. The summed E-state index contributed by atoms with van der Waals surface area (Å²) in [7, 11) is 0. The molecule has 294 valence electrons. The largest absolute Gasteiger partial charge is 0.0877 e. The highest BCUT2D eigenvalue weighted by atomic mass is 32.2. The van der Waals surface area contributed by atoms with Crippen LogP contribution < -0.4 is 0 Å². The van der Waals surface area contributed by atoms with Gasteiger partial charge >= 0.3 is 0 Å². The highest BCUT2D eigenvalue weighted by Crippen LogP contribution is 2.62. The van der Waals surface area contributed by atoms with Gasteiger partial charge in [0.1, 0.15) is 0 Å². The van der Waals surface area contributed by atoms with Gasteiger partial charge in [0.2, 0.25) is 0 Å². The van der Waals surface area contributed by atoms with Crippen LogP contribution >= 0.6 is 47.0 Å². The maximum atomic E-state index is 2.49. The summed E-state index contributed by atoms with van der Waals surface area (Å²) in [4.78, 5) is 10.8. The molecule has 0 saturated heterocycles. The van der Waals surface area contributed by atoms with Gasteiger partial charge in [-0.1, -0.05) is 187 Å². The molecule has 2 atom stereocenters. The molecule has 2 aliphatic heterocycles. The molecule has 4 heteroatoms. The molecule has 4 aliphatic rings. The summed E-state index contributed by atoms with van der Waals surface area (Å²) in [5, 5.41) is 0. The molecular weight excluding hydrogens is 825 g/mol. The fraction of sp³-hybridized carbons (Fsp3) is 0.0690. The van der Waals surface area contributed by atoms with Crippen LogP contribution in [-0.4, -0.2) is 0 Å². The van der Waals surface area contributed by atoms with Crippen LogP contribution in [0.2, 0.25) is 0 Å². The summed E-state index contributed by atoms with van der Waals surface area (Å²) < 4.78 is 0. The minimum atomic E-state index is -0.300. The molecule has 9 aromatic rings. The highest BCUT2D eigenvalue weighted by Gasteiger charge is 2.45. The monoisotopic (exact) mass is 862 g/mol. The van der Waals surface area contributed by atoms with Crippen LogP contribution in [0.25, 0.3) is 44.5 Å². The first-order valence-corrected chi connectivity index (χ1v) is 24.5. The average molecular weight is 863 g/mol. The third-order valence-corrected chi connectivity index (χ3v) is 19.0. The van der Waals surface area contributed by atoms with Crippen molar-refractivity contribution in [3.63, 3.8) is 0 Å². The molecule has 0 N–H and O–H groups in total. The Balaban J connectivity index is 0.934. The first-order valence-electron chi connectivity index (χ1n) is 21.2. The summed E-state index contributed by atoms with van der Waals surface area (Å²) in [6, 6.07) is 73.2. The Bertz CT molecular complexity index is 3110. The Labute approximate surface area is 380 Å². The van der Waals surface area contributed by atoms with Gasteiger partial charge in [-0.3, -0.25) is 0 Å². The van der Waals surface area contributed by atoms with Gasteiger partial charge in [0.05, 0.1) is 0 Å². The SMILES string of the molecule is CC1(c2ccccc2)c2cc(-c3cccc(-c4ccc5c(c4)C(C)(c4ccccc4)c4ccc6c(c4-5)Sc4ccccc4S6)c3)ccc2-c2c1ccc1c2Sc2ccccc2S1. The van der Waals surface area contributed by atoms with Gasteiger partial charge in [-0.25, -0.2) is 0 Å². The molecule has 0 nitrogen and oxygen atoms in total. The van der Waals surface area contributed by atoms with Crippen LogP contribution in [-0.2, 0) is 10.8 Å². The van der Waals surface area contributed by atoms with Crippen molar-refractivity contribution >= 4 is 47.0 Å². The zero-order valence-electron chi connectivity index (χ0n) is 34.1. The van der Waals surface area contributed by atoms with E-state index in [1.165, 1.54) is 117 Å². The number of benzene rings is 9. The number of hydrogen-bond acceptors (Lipinski definition) is 4. The quantitative estimate of drug-likeness (QED) is 0.173. The van der Waals surface area contributed by atoms with Crippen molar-refractivity contribution in [3.05, 3.63) is 228 Å². The third kappa shape index (κ3) is 5.34. The first-order chi connectivity index (χ1) is 30.5. The van der Waals surface area contributed by atoms with Crippen molar-refractivity contribution in [2.75, 3.05) is 0 Å². The molecule has 0 amide bonds. The van der Waals surface area contributed by atoms with Gasteiger partial charge in [0, 0.05) is 61.1 Å². The normalized spacial score (nSPS) is 18.4. The van der Waals surface area contributed by atoms with E-state index >= 15 is 0 Å². The molecule has 2 heterocycles. The second-order valence-corrected chi connectivity index (χ2v) is 21.3. The smallest absolute Gasteiger partial charge is 0.0436 e. The maximum absolute atomic E-state index is 2.49. The highest BCUT2D eigenvalue weighted by molar-refractivity contribution is 8.05. The van der Waals surface area contributed by atoms with Crippen molar-refractivity contribution in [1.29, 1.82) is 0 Å². The van der Waals surface area contributed by atoms with Crippen molar-refractivity contribution in [1.82, 2.24) is 0 Å². The molecule has 0 radical (unpaired) electrons. The fourth-order valence-corrected chi connectivity index (χ4v) is 15.4. The van der Waals surface area contributed by atoms with E-state index in [9.17, 15) is 0 Å². The van der Waals surface area contributed by atoms with Gasteiger partial charge in [0.15, 0.2) is 0 Å². The Morgan fingerprint density at radius 1 is 0.290 bits per heavy atom. The first kappa shape index (κ1) is 37.0. The molecular formula is C58H38S4. The summed E-state index contributed by atoms with van der Waals surface area (Å²) in [5.74, 6) is 0. The van der Waals surface area contributed by atoms with Crippen molar-refractivity contribution in [3.8, 4) is 44.5 Å². The average Bonchev–Trinajstić information content (AvgIpc) is 3.76. The molecule has 0 bridgehead atoms. The molecule has 9 aromatic carbocycles. The standard InChI is InChI=1S/C58H38S4/c1-57(39-16-5-3-6-17-39)43-28-30-51-55(61-49-22-11-9-20-47(49)59-51)53(43)41-26-24-37(33-45(41)57)35-14-13-15-36(32-35)38-25-27-42-46(34-38)58(2,40-18-7-4-8-19-40)44-29-31-52-56(54(42)44)62-50-23-12-10-21-48(50)60-52/h3-34H,1-2H3. The van der Waals surface area contributed by atoms with Crippen molar-refractivity contribution < 1.29 is 0 Å². The van der Waals surface area contributed by atoms with E-state index in [4.69, 9.17) is 0 Å². The van der Waals surface area contributed by atoms with E-state index < -0.39 is 0 Å². The zero-order valence-corrected chi connectivity index (χ0v) is 37.4. The minimum Gasteiger partial charge on any atom is -0.0877 e. The van der Waals surface area contributed by atoms with Crippen LogP contribution in [0.4, 0.5) is 0 Å². The van der Waals surface area contributed by atoms with E-state index in [0.29, 0.717) is 0 Å². The lowest BCUT2D eigenvalue weighted by Crippen LogP contribution is -2.22. The molecule has 2 unspecified atom stereocenters. The van der Waals surface area contributed by atoms with Gasteiger partial charge in [-0.2, -0.15) is 0 Å². The Kier molecular flexibility index (Phi) is 8.32. The summed E-state index contributed by atoms with van der Waals surface area (Å²) in [6.45, 7) is 4.88. The van der Waals surface area contributed by atoms with E-state index in [1.807, 2.05) is 47.0 Å². The molecule has 0 fully saturated rings. The predicted octanol–water partition coefficient (Wildman–Crippen LogP) is 16.9. The van der Waals surface area contributed by atoms with Crippen LogP contribution in [0.3, 0.4) is 0 Å². The maximum Gasteiger partial charge on any atom is 0.0436 e. The van der Waals surface area contributed by atoms with E-state index in [2.05, 4.69) is 208 Å². The third-order valence-electron chi connectivity index (χ3n) is 13.8. The molecule has 13 rings (SSSR count). The van der Waals surface area contributed by atoms with E-state index in [1.54, 1.807) is 0 Å². The van der Waals surface area contributed by atoms with Gasteiger partial charge in [-0.15, -0.1) is 0 Å². The Hall–Kier alpha value is -5.62. The molecule has 0 aromatic heterocycles. The summed E-state index contributed by atoms with van der Waals surface area (Å²) in [6.07, 6.45) is 0. The Morgan fingerprint density at radius 2 is 0.677 bits per heavy atom. The predicted molar refractivity (Wildman–Crippen MR) is 262 cm³/mol. The van der Waals surface area contributed by atoms with Crippen LogP contribution in [0.15, 0.2) is 233 Å². The van der Waals surface area contributed by atoms with Crippen LogP contribution in [0, 0.1) is 0 Å². The minimum absolute atomic E-state index is 0.300. The van der Waals surface area contributed by atoms with Crippen LogP contribution in [0.5, 0.6) is 0 Å². The molecule has 0 spiro atoms. The lowest BCUT2D eigenvalue weighted by Gasteiger charge is -2.29. The number of fused-ring (bicyclic) bond motifs is 12. The number of hydrogen-bond donors (Lipinski definition) is 0. The molecule has 2 aliphatic carbocycles. The second-order valence-electron chi connectivity index (χ2n) is 17.0. The lowest BCUT2D eigenvalue weighted by atomic mass is 9.73. The van der Waals surface area contributed by atoms with Crippen molar-refractivity contribution in [2.24, 2.45) is 0 Å². The Morgan fingerprint density at radius 3 is 1.11 bits per heavy atom. The zero-order chi connectivity index (χ0) is 41.2. The van der Waals surface area contributed by atoms with E-state index in [0.717, 1.165) is 0 Å². The van der Waals surface area contributed by atoms with Gasteiger partial charge in [-0.05, 0) is 135 Å². The summed E-state index contributed by atoms with van der Waals surface area (Å²) in [5.41, 5.74) is 18.0. The van der Waals surface area contributed by atoms with Gasteiger partial charge in [0.25, 0.3) is 0 Å².